The summed E-state index contributed by atoms with van der Waals surface area (Å²) in [6.45, 7) is 8.31. The molecule has 0 spiro atoms. The molecule has 0 aliphatic rings. The van der Waals surface area contributed by atoms with Crippen LogP contribution in [-0.2, 0) is 0 Å². The van der Waals surface area contributed by atoms with Crippen LogP contribution < -0.4 is 0 Å². The minimum atomic E-state index is 0.710. The average Bonchev–Trinajstić information content (AvgIpc) is 2.16. The molecule has 2 nitrogen and oxygen atoms in total. The quantitative estimate of drug-likeness (QED) is 0.745. The molecule has 16 heavy (non-hydrogen) atoms. The molecule has 0 amide bonds. The molecule has 0 aromatic carbocycles. The number of hydrogen-bond donors (Lipinski definition) is 0. The third-order valence-corrected chi connectivity index (χ3v) is 3.43. The van der Waals surface area contributed by atoms with Crippen LogP contribution >= 0.6 is 11.8 Å². The Morgan fingerprint density at radius 1 is 1.44 bits per heavy atom. The summed E-state index contributed by atoms with van der Waals surface area (Å²) in [5.41, 5.74) is 2.57. The molecule has 3 heteroatoms. The summed E-state index contributed by atoms with van der Waals surface area (Å²) in [6.07, 6.45) is 1.18. The number of aryl methyl sites for hydroxylation is 2. The molecule has 1 aromatic heterocycles. The van der Waals surface area contributed by atoms with E-state index in [0.29, 0.717) is 5.92 Å². The fourth-order valence-corrected chi connectivity index (χ4v) is 2.85. The van der Waals surface area contributed by atoms with Gasteiger partial charge in [0.1, 0.15) is 6.07 Å². The number of pyridine rings is 1. The maximum absolute atomic E-state index is 9.10. The highest BCUT2D eigenvalue weighted by Gasteiger charge is 2.08. The fraction of sp³-hybridized carbons (Fsp3) is 0.538. The van der Waals surface area contributed by atoms with Gasteiger partial charge in [0.25, 0.3) is 0 Å². The first-order valence-corrected chi connectivity index (χ1v) is 6.54. The number of rotatable bonds is 4. The molecule has 86 valence electrons. The Morgan fingerprint density at radius 3 is 2.69 bits per heavy atom. The van der Waals surface area contributed by atoms with Crippen LogP contribution in [-0.4, -0.2) is 10.7 Å². The lowest BCUT2D eigenvalue weighted by atomic mass is 10.2. The lowest BCUT2D eigenvalue weighted by Gasteiger charge is -2.08. The van der Waals surface area contributed by atoms with Gasteiger partial charge in [-0.2, -0.15) is 5.26 Å². The van der Waals surface area contributed by atoms with Crippen LogP contribution in [0.3, 0.4) is 0 Å². The Labute approximate surface area is 102 Å². The van der Waals surface area contributed by atoms with Gasteiger partial charge in [0, 0.05) is 10.6 Å². The van der Waals surface area contributed by atoms with Gasteiger partial charge in [-0.15, -0.1) is 11.8 Å². The van der Waals surface area contributed by atoms with Crippen molar-refractivity contribution >= 4 is 11.8 Å². The lowest BCUT2D eigenvalue weighted by Crippen LogP contribution is -1.96. The van der Waals surface area contributed by atoms with E-state index in [2.05, 4.69) is 24.9 Å². The second-order valence-electron chi connectivity index (χ2n) is 4.36. The molecule has 0 saturated carbocycles. The van der Waals surface area contributed by atoms with Crippen molar-refractivity contribution < 1.29 is 0 Å². The highest BCUT2D eigenvalue weighted by molar-refractivity contribution is 7.99. The Kier molecular flexibility index (Phi) is 4.82. The summed E-state index contributed by atoms with van der Waals surface area (Å²) in [5, 5.41) is 9.10. The first kappa shape index (κ1) is 13.1. The molecular formula is C13H18N2S. The maximum Gasteiger partial charge on any atom is 0.102 e. The molecule has 0 N–H and O–H groups in total. The third-order valence-electron chi connectivity index (χ3n) is 2.36. The van der Waals surface area contributed by atoms with Crippen LogP contribution in [0.25, 0.3) is 0 Å². The van der Waals surface area contributed by atoms with Gasteiger partial charge in [0.2, 0.25) is 0 Å². The van der Waals surface area contributed by atoms with E-state index in [-0.39, 0.29) is 0 Å². The zero-order chi connectivity index (χ0) is 12.1. The van der Waals surface area contributed by atoms with Crippen molar-refractivity contribution in [2.24, 2.45) is 5.92 Å². The van der Waals surface area contributed by atoms with E-state index in [1.165, 1.54) is 6.42 Å². The fourth-order valence-electron chi connectivity index (χ4n) is 1.45. The summed E-state index contributed by atoms with van der Waals surface area (Å²) < 4.78 is 0. The van der Waals surface area contributed by atoms with Crippen LogP contribution in [0.4, 0.5) is 0 Å². The third kappa shape index (κ3) is 3.53. The largest absolute Gasteiger partial charge is 0.257 e. The van der Waals surface area contributed by atoms with E-state index in [9.17, 15) is 0 Å². The predicted molar refractivity (Wildman–Crippen MR) is 68.6 cm³/mol. The highest BCUT2D eigenvalue weighted by Crippen LogP contribution is 2.26. The first-order valence-electron chi connectivity index (χ1n) is 5.55. The molecule has 0 unspecified atom stereocenters. The molecule has 1 heterocycles. The zero-order valence-electron chi connectivity index (χ0n) is 10.4. The summed E-state index contributed by atoms with van der Waals surface area (Å²) in [6, 6.07) is 4.26. The molecular weight excluding hydrogens is 216 g/mol. The van der Waals surface area contributed by atoms with Crippen molar-refractivity contribution in [2.45, 2.75) is 39.0 Å². The molecule has 0 bridgehead atoms. The maximum atomic E-state index is 9.10. The average molecular weight is 234 g/mol. The summed E-state index contributed by atoms with van der Waals surface area (Å²) in [5.74, 6) is 1.77. The number of hydrogen-bond acceptors (Lipinski definition) is 3. The first-order chi connectivity index (χ1) is 7.54. The summed E-state index contributed by atoms with van der Waals surface area (Å²) in [7, 11) is 0. The second kappa shape index (κ2) is 5.91. The van der Waals surface area contributed by atoms with Crippen molar-refractivity contribution in [3.05, 3.63) is 23.0 Å². The molecule has 0 radical (unpaired) electrons. The molecule has 0 atom stereocenters. The zero-order valence-corrected chi connectivity index (χ0v) is 11.2. The van der Waals surface area contributed by atoms with Crippen LogP contribution in [0.1, 0.15) is 37.2 Å². The normalized spacial score (nSPS) is 10.5. The molecule has 1 aromatic rings. The summed E-state index contributed by atoms with van der Waals surface area (Å²) in [4.78, 5) is 5.39. The van der Waals surface area contributed by atoms with E-state index in [1.54, 1.807) is 11.8 Å². The van der Waals surface area contributed by atoms with Crippen LogP contribution in [0, 0.1) is 31.1 Å². The van der Waals surface area contributed by atoms with Crippen molar-refractivity contribution in [1.29, 1.82) is 5.26 Å². The number of aromatic nitrogens is 1. The Hall–Kier alpha value is -1.01. The van der Waals surface area contributed by atoms with E-state index in [0.717, 1.165) is 27.6 Å². The topological polar surface area (TPSA) is 36.7 Å². The summed E-state index contributed by atoms with van der Waals surface area (Å²) >= 11 is 1.77. The van der Waals surface area contributed by atoms with Gasteiger partial charge in [-0.25, -0.2) is 0 Å². The van der Waals surface area contributed by atoms with Gasteiger partial charge in [-0.1, -0.05) is 13.8 Å². The van der Waals surface area contributed by atoms with Gasteiger partial charge < -0.3 is 0 Å². The van der Waals surface area contributed by atoms with Crippen LogP contribution in [0.2, 0.25) is 0 Å². The van der Waals surface area contributed by atoms with Crippen molar-refractivity contribution in [2.75, 3.05) is 5.75 Å². The van der Waals surface area contributed by atoms with E-state index >= 15 is 0 Å². The Morgan fingerprint density at radius 2 is 2.12 bits per heavy atom. The monoisotopic (exact) mass is 234 g/mol. The Bertz CT molecular complexity index is 405. The van der Waals surface area contributed by atoms with Gasteiger partial charge in [0.15, 0.2) is 0 Å². The SMILES string of the molecule is Cc1cc(SCCC(C)C)c(C#N)c(C)n1. The number of nitrogens with zero attached hydrogens (tertiary/aromatic N) is 2. The molecule has 1 rings (SSSR count). The van der Waals surface area contributed by atoms with E-state index in [1.807, 2.05) is 19.9 Å². The number of nitriles is 1. The van der Waals surface area contributed by atoms with E-state index in [4.69, 9.17) is 5.26 Å². The molecule has 0 aliphatic carbocycles. The number of thioether (sulfide) groups is 1. The molecule has 0 fully saturated rings. The van der Waals surface area contributed by atoms with Crippen molar-refractivity contribution in [1.82, 2.24) is 4.98 Å². The van der Waals surface area contributed by atoms with Crippen LogP contribution in [0.15, 0.2) is 11.0 Å². The minimum Gasteiger partial charge on any atom is -0.257 e. The second-order valence-corrected chi connectivity index (χ2v) is 5.50. The van der Waals surface area contributed by atoms with E-state index < -0.39 is 0 Å². The highest BCUT2D eigenvalue weighted by atomic mass is 32.2. The van der Waals surface area contributed by atoms with Gasteiger partial charge >= 0.3 is 0 Å². The van der Waals surface area contributed by atoms with Gasteiger partial charge in [0.05, 0.1) is 11.3 Å². The Balaban J connectivity index is 2.82. The van der Waals surface area contributed by atoms with Crippen molar-refractivity contribution in [3.8, 4) is 6.07 Å². The van der Waals surface area contributed by atoms with Crippen LogP contribution in [0.5, 0.6) is 0 Å². The van der Waals surface area contributed by atoms with Gasteiger partial charge in [-0.3, -0.25) is 4.98 Å². The van der Waals surface area contributed by atoms with Gasteiger partial charge in [-0.05, 0) is 38.0 Å². The molecule has 0 aliphatic heterocycles. The molecule has 0 saturated heterocycles. The smallest absolute Gasteiger partial charge is 0.102 e. The predicted octanol–water partition coefficient (Wildman–Crippen LogP) is 3.71. The lowest BCUT2D eigenvalue weighted by molar-refractivity contribution is 0.632. The minimum absolute atomic E-state index is 0.710. The standard InChI is InChI=1S/C13H18N2S/c1-9(2)5-6-16-13-7-10(3)15-11(4)12(13)8-14/h7,9H,5-6H2,1-4H3. The van der Waals surface area contributed by atoms with Crippen molar-refractivity contribution in [3.63, 3.8) is 0 Å².